The molecule has 0 amide bonds. The van der Waals surface area contributed by atoms with Crippen molar-refractivity contribution >= 4 is 0 Å². The predicted octanol–water partition coefficient (Wildman–Crippen LogP) is 2.05. The molecule has 1 fully saturated rings. The molecule has 2 atom stereocenters. The average Bonchev–Trinajstić information content (AvgIpc) is 2.86. The van der Waals surface area contributed by atoms with E-state index in [0.717, 1.165) is 36.1 Å². The molecule has 0 aliphatic carbocycles. The highest BCUT2D eigenvalue weighted by molar-refractivity contribution is 5.42. The van der Waals surface area contributed by atoms with Gasteiger partial charge in [-0.25, -0.2) is 0 Å². The molecule has 19 heavy (non-hydrogen) atoms. The van der Waals surface area contributed by atoms with Gasteiger partial charge >= 0.3 is 0 Å². The second-order valence-corrected chi connectivity index (χ2v) is 5.25. The fourth-order valence-corrected chi connectivity index (χ4v) is 2.82. The second-order valence-electron chi connectivity index (χ2n) is 5.25. The van der Waals surface area contributed by atoms with Gasteiger partial charge in [-0.2, -0.15) is 0 Å². The van der Waals surface area contributed by atoms with E-state index in [0.29, 0.717) is 6.54 Å². The Labute approximate surface area is 115 Å². The normalized spacial score (nSPS) is 21.4. The van der Waals surface area contributed by atoms with Crippen molar-refractivity contribution in [1.29, 1.82) is 0 Å². The number of benzene rings is 1. The van der Waals surface area contributed by atoms with E-state index in [1.165, 1.54) is 6.42 Å². The van der Waals surface area contributed by atoms with Crippen molar-refractivity contribution in [2.24, 2.45) is 11.7 Å². The first-order chi connectivity index (χ1) is 9.19. The highest BCUT2D eigenvalue weighted by Gasteiger charge is 2.28. The largest absolute Gasteiger partial charge is 0.497 e. The monoisotopic (exact) mass is 264 g/mol. The highest BCUT2D eigenvalue weighted by atomic mass is 16.5. The number of hydrogen-bond donors (Lipinski definition) is 1. The number of rotatable bonds is 5. The molecule has 2 unspecified atom stereocenters. The fourth-order valence-electron chi connectivity index (χ4n) is 2.82. The number of nitrogens with two attached hydrogens (primary N) is 1. The van der Waals surface area contributed by atoms with Crippen LogP contribution >= 0.6 is 0 Å². The Morgan fingerprint density at radius 3 is 2.68 bits per heavy atom. The maximum atomic E-state index is 6.01. The average molecular weight is 264 g/mol. The molecule has 1 aromatic rings. The Hall–Kier alpha value is -1.26. The number of ether oxygens (including phenoxy) is 2. The van der Waals surface area contributed by atoms with Crippen LogP contribution < -0.4 is 15.2 Å². The summed E-state index contributed by atoms with van der Waals surface area (Å²) >= 11 is 0. The molecule has 0 aromatic heterocycles. The lowest BCUT2D eigenvalue weighted by Gasteiger charge is -2.28. The summed E-state index contributed by atoms with van der Waals surface area (Å²) in [4.78, 5) is 2.45. The third-order valence-corrected chi connectivity index (χ3v) is 3.92. The zero-order valence-corrected chi connectivity index (χ0v) is 12.1. The molecule has 4 nitrogen and oxygen atoms in total. The van der Waals surface area contributed by atoms with E-state index in [-0.39, 0.29) is 6.04 Å². The first-order valence-corrected chi connectivity index (χ1v) is 6.85. The van der Waals surface area contributed by atoms with Gasteiger partial charge in [0, 0.05) is 18.7 Å². The maximum Gasteiger partial charge on any atom is 0.123 e. The molecule has 1 saturated heterocycles. The molecule has 1 heterocycles. The molecule has 0 bridgehead atoms. The fraction of sp³-hybridized carbons (Fsp3) is 0.600. The van der Waals surface area contributed by atoms with E-state index in [2.05, 4.69) is 11.8 Å². The smallest absolute Gasteiger partial charge is 0.123 e. The summed E-state index contributed by atoms with van der Waals surface area (Å²) in [6, 6.07) is 6.12. The molecular weight excluding hydrogens is 240 g/mol. The highest BCUT2D eigenvalue weighted by Crippen LogP contribution is 2.34. The Balaban J connectivity index is 2.30. The van der Waals surface area contributed by atoms with Gasteiger partial charge in [-0.1, -0.05) is 6.92 Å². The molecule has 4 heteroatoms. The van der Waals surface area contributed by atoms with Gasteiger partial charge in [0.1, 0.15) is 11.5 Å². The third kappa shape index (κ3) is 3.01. The summed E-state index contributed by atoms with van der Waals surface area (Å²) < 4.78 is 10.8. The molecule has 2 rings (SSSR count). The summed E-state index contributed by atoms with van der Waals surface area (Å²) in [6.45, 7) is 5.08. The van der Waals surface area contributed by atoms with Crippen LogP contribution in [0.25, 0.3) is 0 Å². The topological polar surface area (TPSA) is 47.7 Å². The van der Waals surface area contributed by atoms with Crippen LogP contribution in [-0.2, 0) is 0 Å². The van der Waals surface area contributed by atoms with E-state index < -0.39 is 0 Å². The van der Waals surface area contributed by atoms with Gasteiger partial charge in [-0.05, 0) is 37.1 Å². The van der Waals surface area contributed by atoms with Crippen LogP contribution in [0.4, 0.5) is 0 Å². The van der Waals surface area contributed by atoms with E-state index in [1.54, 1.807) is 14.2 Å². The maximum absolute atomic E-state index is 6.01. The van der Waals surface area contributed by atoms with Crippen molar-refractivity contribution in [2.75, 3.05) is 33.9 Å². The summed E-state index contributed by atoms with van der Waals surface area (Å²) in [7, 11) is 3.38. The van der Waals surface area contributed by atoms with Gasteiger partial charge in [0.05, 0.1) is 20.3 Å². The lowest BCUT2D eigenvalue weighted by molar-refractivity contribution is 0.237. The van der Waals surface area contributed by atoms with Crippen LogP contribution in [0, 0.1) is 5.92 Å². The van der Waals surface area contributed by atoms with Crippen LogP contribution in [0.5, 0.6) is 11.5 Å². The Morgan fingerprint density at radius 2 is 2.16 bits per heavy atom. The minimum absolute atomic E-state index is 0.204. The van der Waals surface area contributed by atoms with Crippen LogP contribution in [-0.4, -0.2) is 38.8 Å². The van der Waals surface area contributed by atoms with Crippen molar-refractivity contribution in [3.8, 4) is 11.5 Å². The van der Waals surface area contributed by atoms with Gasteiger partial charge in [-0.3, -0.25) is 4.90 Å². The van der Waals surface area contributed by atoms with Crippen LogP contribution in [0.2, 0.25) is 0 Å². The SMILES string of the molecule is COc1ccc(OC)c(C(CN)N2CCC(C)C2)c1. The standard InChI is InChI=1S/C15H24N2O2/c1-11-6-7-17(10-11)14(9-16)13-8-12(18-2)4-5-15(13)19-3/h4-5,8,11,14H,6-7,9-10,16H2,1-3H3. The predicted molar refractivity (Wildman–Crippen MR) is 76.7 cm³/mol. The van der Waals surface area contributed by atoms with Gasteiger partial charge < -0.3 is 15.2 Å². The summed E-state index contributed by atoms with van der Waals surface area (Å²) in [5.74, 6) is 2.47. The van der Waals surface area contributed by atoms with E-state index in [9.17, 15) is 0 Å². The minimum atomic E-state index is 0.204. The molecule has 2 N–H and O–H groups in total. The first-order valence-electron chi connectivity index (χ1n) is 6.85. The van der Waals surface area contributed by atoms with Crippen molar-refractivity contribution in [3.63, 3.8) is 0 Å². The Morgan fingerprint density at radius 1 is 1.37 bits per heavy atom. The molecule has 1 aliphatic heterocycles. The first kappa shape index (κ1) is 14.2. The lowest BCUT2D eigenvalue weighted by atomic mass is 10.0. The number of hydrogen-bond acceptors (Lipinski definition) is 4. The molecule has 106 valence electrons. The van der Waals surface area contributed by atoms with Crippen molar-refractivity contribution in [1.82, 2.24) is 4.90 Å². The molecule has 1 aliphatic rings. The van der Waals surface area contributed by atoms with Crippen molar-refractivity contribution in [3.05, 3.63) is 23.8 Å². The van der Waals surface area contributed by atoms with Gasteiger partial charge in [-0.15, -0.1) is 0 Å². The zero-order chi connectivity index (χ0) is 13.8. The van der Waals surface area contributed by atoms with Crippen LogP contribution in [0.15, 0.2) is 18.2 Å². The Bertz CT molecular complexity index is 423. The van der Waals surface area contributed by atoms with Gasteiger partial charge in [0.25, 0.3) is 0 Å². The zero-order valence-electron chi connectivity index (χ0n) is 12.1. The number of nitrogens with zero attached hydrogens (tertiary/aromatic N) is 1. The van der Waals surface area contributed by atoms with Crippen LogP contribution in [0.3, 0.4) is 0 Å². The summed E-state index contributed by atoms with van der Waals surface area (Å²) in [6.07, 6.45) is 1.24. The van der Waals surface area contributed by atoms with E-state index >= 15 is 0 Å². The quantitative estimate of drug-likeness (QED) is 0.884. The summed E-state index contributed by atoms with van der Waals surface area (Å²) in [5.41, 5.74) is 7.13. The second kappa shape index (κ2) is 6.26. The van der Waals surface area contributed by atoms with Gasteiger partial charge in [0.15, 0.2) is 0 Å². The lowest BCUT2D eigenvalue weighted by Crippen LogP contribution is -2.32. The van der Waals surface area contributed by atoms with Gasteiger partial charge in [0.2, 0.25) is 0 Å². The molecular formula is C15H24N2O2. The molecule has 0 spiro atoms. The molecule has 1 aromatic carbocycles. The number of likely N-dealkylation sites (tertiary alicyclic amines) is 1. The minimum Gasteiger partial charge on any atom is -0.497 e. The van der Waals surface area contributed by atoms with Crippen LogP contribution in [0.1, 0.15) is 24.9 Å². The van der Waals surface area contributed by atoms with E-state index in [1.807, 2.05) is 18.2 Å². The number of methoxy groups -OCH3 is 2. The Kier molecular flexibility index (Phi) is 4.66. The molecule has 0 radical (unpaired) electrons. The van der Waals surface area contributed by atoms with E-state index in [4.69, 9.17) is 15.2 Å². The van der Waals surface area contributed by atoms with Crippen molar-refractivity contribution in [2.45, 2.75) is 19.4 Å². The van der Waals surface area contributed by atoms with Crippen molar-refractivity contribution < 1.29 is 9.47 Å². The summed E-state index contributed by atoms with van der Waals surface area (Å²) in [5, 5.41) is 0. The third-order valence-electron chi connectivity index (χ3n) is 3.92. The molecule has 0 saturated carbocycles.